The van der Waals surface area contributed by atoms with Crippen molar-refractivity contribution in [3.05, 3.63) is 89.3 Å². The Morgan fingerprint density at radius 2 is 1.89 bits per heavy atom. The van der Waals surface area contributed by atoms with Crippen molar-refractivity contribution in [1.29, 1.82) is 0 Å². The minimum Gasteiger partial charge on any atom is -0.480 e. The fourth-order valence-electron chi connectivity index (χ4n) is 6.18. The van der Waals surface area contributed by atoms with Gasteiger partial charge in [0.1, 0.15) is 23.2 Å². The average molecular weight is 638 g/mol. The summed E-state index contributed by atoms with van der Waals surface area (Å²) < 4.78 is 8.47. The van der Waals surface area contributed by atoms with Crippen LogP contribution >= 0.6 is 0 Å². The molecule has 3 amide bonds. The van der Waals surface area contributed by atoms with Gasteiger partial charge < -0.3 is 15.4 Å². The minimum atomic E-state index is -1.49. The number of carbonyl (C=O) groups is 3. The summed E-state index contributed by atoms with van der Waals surface area (Å²) in [6.07, 6.45) is 7.48. The average Bonchev–Trinajstić information content (AvgIpc) is 3.63. The van der Waals surface area contributed by atoms with E-state index in [-0.39, 0.29) is 17.2 Å². The second-order valence-corrected chi connectivity index (χ2v) is 13.3. The molecule has 0 unspecified atom stereocenters. The van der Waals surface area contributed by atoms with Gasteiger partial charge >= 0.3 is 6.03 Å². The Bertz CT molecular complexity index is 1900. The quantitative estimate of drug-likeness (QED) is 0.201. The van der Waals surface area contributed by atoms with Gasteiger partial charge in [0.25, 0.3) is 5.91 Å². The number of rotatable bonds is 7. The molecule has 1 aromatic carbocycles. The molecule has 1 aliphatic heterocycles. The van der Waals surface area contributed by atoms with Gasteiger partial charge in [0.2, 0.25) is 5.82 Å². The van der Waals surface area contributed by atoms with Gasteiger partial charge in [-0.1, -0.05) is 45.0 Å². The van der Waals surface area contributed by atoms with E-state index < -0.39 is 29.0 Å². The summed E-state index contributed by atoms with van der Waals surface area (Å²) in [5.41, 5.74) is 0.418. The Morgan fingerprint density at radius 3 is 2.60 bits per heavy atom. The maximum Gasteiger partial charge on any atom is 0.321 e. The van der Waals surface area contributed by atoms with E-state index in [4.69, 9.17) is 4.74 Å². The summed E-state index contributed by atoms with van der Waals surface area (Å²) >= 11 is 0. The van der Waals surface area contributed by atoms with Gasteiger partial charge in [-0.25, -0.2) is 14.8 Å². The molecule has 2 aliphatic rings. The van der Waals surface area contributed by atoms with Crippen LogP contribution in [0.2, 0.25) is 0 Å². The highest BCUT2D eigenvalue weighted by atomic mass is 16.5. The third-order valence-corrected chi connectivity index (χ3v) is 9.04. The summed E-state index contributed by atoms with van der Waals surface area (Å²) in [7, 11) is 3.58. The zero-order valence-electron chi connectivity index (χ0n) is 27.4. The van der Waals surface area contributed by atoms with Crippen LogP contribution in [0, 0.1) is 0 Å². The number of benzene rings is 1. The molecule has 6 rings (SSSR count). The number of fused-ring (bicyclic) bond motifs is 2. The van der Waals surface area contributed by atoms with Crippen molar-refractivity contribution >= 4 is 29.7 Å². The number of urea groups is 1. The molecule has 0 bridgehead atoms. The summed E-state index contributed by atoms with van der Waals surface area (Å²) in [4.78, 5) is 49.4. The number of nitrogens with zero attached hydrogens (tertiary/aromatic N) is 6. The summed E-state index contributed by atoms with van der Waals surface area (Å²) in [5, 5.41) is 16.9. The van der Waals surface area contributed by atoms with Crippen LogP contribution in [0.5, 0.6) is 5.75 Å². The standard InChI is InChI=1S/C34H39N9O4/c1-32(2,3)25-18-26(37-28(36-25)29(45)35-5)38-31(46)39-34(20-44)16-14-24(22-10-7-8-11-23(22)34)47-21-12-13-27-40-41-30(43(27)19-21)33(4)15-9-17-42(33)6/h7-8,10-14,16,18-20,24H,9,15,17H2,1-6H3,(H,35,45)(H2,36,37,38,39,46)/t24-,33+,34-/m1/s1. The van der Waals surface area contributed by atoms with Crippen LogP contribution in [0.4, 0.5) is 10.6 Å². The largest absolute Gasteiger partial charge is 0.480 e. The van der Waals surface area contributed by atoms with Crippen molar-refractivity contribution in [2.45, 2.75) is 63.1 Å². The molecule has 1 saturated heterocycles. The van der Waals surface area contributed by atoms with E-state index in [9.17, 15) is 14.4 Å². The molecule has 1 aliphatic carbocycles. The monoisotopic (exact) mass is 637 g/mol. The maximum atomic E-state index is 13.4. The van der Waals surface area contributed by atoms with Crippen molar-refractivity contribution in [3.63, 3.8) is 0 Å². The molecule has 3 atom stereocenters. The van der Waals surface area contributed by atoms with Gasteiger partial charge in [-0.3, -0.25) is 24.2 Å². The van der Waals surface area contributed by atoms with Crippen LogP contribution in [-0.2, 0) is 21.3 Å². The number of hydrogen-bond acceptors (Lipinski definition) is 9. The number of nitrogens with one attached hydrogen (secondary N) is 3. The highest BCUT2D eigenvalue weighted by Crippen LogP contribution is 2.39. The van der Waals surface area contributed by atoms with Crippen LogP contribution in [0.25, 0.3) is 5.65 Å². The molecule has 0 radical (unpaired) electrons. The Morgan fingerprint density at radius 1 is 1.11 bits per heavy atom. The highest BCUT2D eigenvalue weighted by molar-refractivity contribution is 5.94. The van der Waals surface area contributed by atoms with Gasteiger partial charge in [0.05, 0.1) is 17.4 Å². The molecule has 13 nitrogen and oxygen atoms in total. The van der Waals surface area contributed by atoms with Gasteiger partial charge in [0.15, 0.2) is 17.8 Å². The summed E-state index contributed by atoms with van der Waals surface area (Å²) in [6.45, 7) is 8.99. The predicted molar refractivity (Wildman–Crippen MR) is 175 cm³/mol. The van der Waals surface area contributed by atoms with Crippen molar-refractivity contribution in [3.8, 4) is 5.75 Å². The molecule has 47 heavy (non-hydrogen) atoms. The fourth-order valence-corrected chi connectivity index (χ4v) is 6.18. The molecule has 4 aromatic rings. The van der Waals surface area contributed by atoms with Crippen molar-refractivity contribution in [2.75, 3.05) is 26.0 Å². The normalized spacial score (nSPS) is 22.5. The van der Waals surface area contributed by atoms with Crippen LogP contribution < -0.4 is 20.7 Å². The van der Waals surface area contributed by atoms with E-state index in [1.54, 1.807) is 30.4 Å². The highest BCUT2D eigenvalue weighted by Gasteiger charge is 2.41. The number of carbonyl (C=O) groups excluding carboxylic acids is 3. The Hall–Kier alpha value is -5.17. The SMILES string of the molecule is CNC(=O)c1nc(NC(=O)N[C@@]2(C=O)C=C[C@@H](Oc3ccc4nnc([C@]5(C)CCCN5C)n4c3)c3ccccc32)cc(C(C)(C)C)n1. The van der Waals surface area contributed by atoms with Crippen molar-refractivity contribution < 1.29 is 19.1 Å². The molecule has 0 spiro atoms. The van der Waals surface area contributed by atoms with E-state index in [0.717, 1.165) is 30.9 Å². The lowest BCUT2D eigenvalue weighted by Gasteiger charge is -2.34. The lowest BCUT2D eigenvalue weighted by molar-refractivity contribution is -0.111. The van der Waals surface area contributed by atoms with E-state index in [0.29, 0.717) is 28.9 Å². The van der Waals surface area contributed by atoms with Crippen LogP contribution in [0.15, 0.2) is 60.8 Å². The first-order valence-corrected chi connectivity index (χ1v) is 15.6. The molecule has 3 aromatic heterocycles. The Balaban J connectivity index is 1.27. The molecule has 0 saturated carbocycles. The van der Waals surface area contributed by atoms with E-state index in [1.807, 2.05) is 55.6 Å². The fraction of sp³-hybridized carbons (Fsp3) is 0.382. The number of aromatic nitrogens is 5. The number of amides is 3. The molecular formula is C34H39N9O4. The predicted octanol–water partition coefficient (Wildman–Crippen LogP) is 4.02. The Labute approximate surface area is 272 Å². The van der Waals surface area contributed by atoms with Gasteiger partial charge in [-0.15, -0.1) is 10.2 Å². The molecule has 3 N–H and O–H groups in total. The molecule has 244 valence electrons. The third kappa shape index (κ3) is 5.82. The number of aldehydes is 1. The number of pyridine rings is 1. The molecule has 1 fully saturated rings. The van der Waals surface area contributed by atoms with Crippen molar-refractivity contribution in [1.82, 2.24) is 40.1 Å². The van der Waals surface area contributed by atoms with Gasteiger partial charge in [-0.2, -0.15) is 0 Å². The first-order chi connectivity index (χ1) is 22.4. The number of ether oxygens (including phenoxy) is 1. The van der Waals surface area contributed by atoms with Crippen LogP contribution in [0.1, 0.15) is 79.9 Å². The van der Waals surface area contributed by atoms with E-state index in [1.165, 1.54) is 7.05 Å². The Kier molecular flexibility index (Phi) is 8.04. The number of likely N-dealkylation sites (tertiary alicyclic amines) is 1. The van der Waals surface area contributed by atoms with E-state index >= 15 is 0 Å². The van der Waals surface area contributed by atoms with Gasteiger partial charge in [0, 0.05) is 24.1 Å². The smallest absolute Gasteiger partial charge is 0.321 e. The molecule has 13 heteroatoms. The second-order valence-electron chi connectivity index (χ2n) is 13.3. The number of anilines is 1. The second kappa shape index (κ2) is 11.9. The third-order valence-electron chi connectivity index (χ3n) is 9.04. The first-order valence-electron chi connectivity index (χ1n) is 15.6. The lowest BCUT2D eigenvalue weighted by atomic mass is 9.81. The van der Waals surface area contributed by atoms with E-state index in [2.05, 4.69) is 55.0 Å². The first kappa shape index (κ1) is 31.8. The summed E-state index contributed by atoms with van der Waals surface area (Å²) in [5.74, 6) is 1.01. The summed E-state index contributed by atoms with van der Waals surface area (Å²) in [6, 6.07) is 12.0. The van der Waals surface area contributed by atoms with Crippen LogP contribution in [0.3, 0.4) is 0 Å². The maximum absolute atomic E-state index is 13.4. The zero-order valence-corrected chi connectivity index (χ0v) is 27.4. The molecular weight excluding hydrogens is 598 g/mol. The van der Waals surface area contributed by atoms with Crippen LogP contribution in [-0.4, -0.2) is 68.3 Å². The minimum absolute atomic E-state index is 0.0793. The van der Waals surface area contributed by atoms with Crippen molar-refractivity contribution in [2.24, 2.45) is 0 Å². The zero-order chi connectivity index (χ0) is 33.6. The topological polar surface area (TPSA) is 156 Å². The number of hydrogen-bond donors (Lipinski definition) is 3. The van der Waals surface area contributed by atoms with Gasteiger partial charge in [-0.05, 0) is 63.2 Å². The lowest BCUT2D eigenvalue weighted by Crippen LogP contribution is -2.49. The molecule has 4 heterocycles.